The summed E-state index contributed by atoms with van der Waals surface area (Å²) in [6.07, 6.45) is 3.63. The van der Waals surface area contributed by atoms with Crippen molar-refractivity contribution >= 4 is 11.7 Å². The largest absolute Gasteiger partial charge is 0.493 e. The highest BCUT2D eigenvalue weighted by Crippen LogP contribution is 2.53. The van der Waals surface area contributed by atoms with Gasteiger partial charge in [0.1, 0.15) is 5.75 Å². The van der Waals surface area contributed by atoms with Crippen molar-refractivity contribution < 1.29 is 14.6 Å². The maximum Gasteiger partial charge on any atom is 0.335 e. The van der Waals surface area contributed by atoms with E-state index in [0.717, 1.165) is 23.5 Å². The molecule has 2 N–H and O–H groups in total. The molecule has 4 heteroatoms. The third-order valence-corrected chi connectivity index (χ3v) is 6.71. The zero-order valence-electron chi connectivity index (χ0n) is 17.8. The number of aromatic carboxylic acids is 1. The molecule has 1 aliphatic carbocycles. The van der Waals surface area contributed by atoms with Crippen molar-refractivity contribution in [3.05, 3.63) is 58.1 Å². The van der Waals surface area contributed by atoms with Crippen LogP contribution < -0.4 is 10.1 Å². The first-order valence-electron chi connectivity index (χ1n) is 10.7. The average Bonchev–Trinajstić information content (AvgIpc) is 3.18. The first kappa shape index (κ1) is 19.8. The number of carboxylic acid groups (broad SMARTS) is 1. The molecule has 2 aromatic rings. The summed E-state index contributed by atoms with van der Waals surface area (Å²) < 4.78 is 5.98. The van der Waals surface area contributed by atoms with E-state index in [4.69, 9.17) is 4.74 Å². The molecule has 0 spiro atoms. The smallest absolute Gasteiger partial charge is 0.335 e. The van der Waals surface area contributed by atoms with Gasteiger partial charge in [0.2, 0.25) is 0 Å². The number of carboxylic acids is 1. The fourth-order valence-corrected chi connectivity index (χ4v) is 5.10. The first-order chi connectivity index (χ1) is 13.9. The van der Waals surface area contributed by atoms with Gasteiger partial charge in [-0.3, -0.25) is 0 Å². The third kappa shape index (κ3) is 3.61. The molecule has 3 atom stereocenters. The Labute approximate surface area is 173 Å². The normalized spacial score (nSPS) is 22.7. The lowest BCUT2D eigenvalue weighted by molar-refractivity contribution is 0.0696. The van der Waals surface area contributed by atoms with E-state index in [0.29, 0.717) is 23.3 Å². The number of benzene rings is 2. The van der Waals surface area contributed by atoms with Gasteiger partial charge in [-0.2, -0.15) is 0 Å². The fourth-order valence-electron chi connectivity index (χ4n) is 5.10. The van der Waals surface area contributed by atoms with Crippen molar-refractivity contribution in [1.29, 1.82) is 0 Å². The summed E-state index contributed by atoms with van der Waals surface area (Å²) >= 11 is 0. The molecule has 1 saturated carbocycles. The first-order valence-corrected chi connectivity index (χ1v) is 10.7. The quantitative estimate of drug-likeness (QED) is 0.646. The highest BCUT2D eigenvalue weighted by atomic mass is 16.5. The number of carbonyl (C=O) groups is 1. The van der Waals surface area contributed by atoms with Crippen molar-refractivity contribution in [3.63, 3.8) is 0 Å². The Bertz CT molecular complexity index is 934. The molecule has 0 amide bonds. The van der Waals surface area contributed by atoms with Gasteiger partial charge in [0.05, 0.1) is 18.2 Å². The predicted molar refractivity (Wildman–Crippen MR) is 116 cm³/mol. The van der Waals surface area contributed by atoms with E-state index in [9.17, 15) is 9.90 Å². The summed E-state index contributed by atoms with van der Waals surface area (Å²) in [6, 6.07) is 10.5. The lowest BCUT2D eigenvalue weighted by Crippen LogP contribution is -2.29. The van der Waals surface area contributed by atoms with Crippen LogP contribution in [0.25, 0.3) is 0 Å². The van der Waals surface area contributed by atoms with Gasteiger partial charge in [-0.15, -0.1) is 0 Å². The summed E-state index contributed by atoms with van der Waals surface area (Å²) in [7, 11) is 0. The summed E-state index contributed by atoms with van der Waals surface area (Å²) in [4.78, 5) is 11.5. The van der Waals surface area contributed by atoms with Crippen LogP contribution in [-0.2, 0) is 0 Å². The van der Waals surface area contributed by atoms with E-state index in [1.54, 1.807) is 6.07 Å². The summed E-state index contributed by atoms with van der Waals surface area (Å²) in [6.45, 7) is 9.04. The van der Waals surface area contributed by atoms with Gasteiger partial charge in [0, 0.05) is 5.69 Å². The second-order valence-corrected chi connectivity index (χ2v) is 9.03. The Kier molecular flexibility index (Phi) is 5.28. The Morgan fingerprint density at radius 2 is 1.93 bits per heavy atom. The van der Waals surface area contributed by atoms with Crippen LogP contribution in [-0.4, -0.2) is 17.7 Å². The molecular weight excluding hydrogens is 362 g/mol. The van der Waals surface area contributed by atoms with E-state index in [1.165, 1.54) is 36.1 Å². The minimum atomic E-state index is -0.855. The molecule has 29 heavy (non-hydrogen) atoms. The standard InChI is InChI=1S/C25H31NO3/c1-14(2)13-29-17-8-11-23-22(12-17)20-6-5-7-21(20)24(26-23)18-9-10-19(25(27)28)16(4)15(18)3/h8-12,14,20-21,24,26H,5-7,13H2,1-4H3,(H,27,28)/t20-,21+,24-/m1/s1. The number of fused-ring (bicyclic) bond motifs is 3. The molecule has 0 bridgehead atoms. The Balaban J connectivity index is 1.69. The minimum absolute atomic E-state index is 0.221. The van der Waals surface area contributed by atoms with E-state index in [2.05, 4.69) is 44.3 Å². The second kappa shape index (κ2) is 7.74. The zero-order valence-corrected chi connectivity index (χ0v) is 17.8. The molecule has 0 unspecified atom stereocenters. The Morgan fingerprint density at radius 1 is 1.14 bits per heavy atom. The molecular formula is C25H31NO3. The highest BCUT2D eigenvalue weighted by Gasteiger charge is 2.41. The summed E-state index contributed by atoms with van der Waals surface area (Å²) in [5.74, 6) is 1.66. The number of hydrogen-bond acceptors (Lipinski definition) is 3. The van der Waals surface area contributed by atoms with Crippen molar-refractivity contribution in [2.24, 2.45) is 11.8 Å². The van der Waals surface area contributed by atoms with Crippen LogP contribution in [0.3, 0.4) is 0 Å². The number of hydrogen-bond donors (Lipinski definition) is 2. The maximum absolute atomic E-state index is 11.5. The van der Waals surface area contributed by atoms with E-state index < -0.39 is 5.97 Å². The molecule has 4 nitrogen and oxygen atoms in total. The van der Waals surface area contributed by atoms with Gasteiger partial charge < -0.3 is 15.2 Å². The van der Waals surface area contributed by atoms with Crippen LogP contribution in [0.4, 0.5) is 5.69 Å². The number of anilines is 1. The second-order valence-electron chi connectivity index (χ2n) is 9.03. The monoisotopic (exact) mass is 393 g/mol. The Hall–Kier alpha value is -2.49. The number of rotatable bonds is 5. The van der Waals surface area contributed by atoms with Gasteiger partial charge in [0.15, 0.2) is 0 Å². The van der Waals surface area contributed by atoms with Crippen LogP contribution in [0.2, 0.25) is 0 Å². The topological polar surface area (TPSA) is 58.6 Å². The molecule has 0 radical (unpaired) electrons. The van der Waals surface area contributed by atoms with E-state index in [1.807, 2.05) is 13.0 Å². The van der Waals surface area contributed by atoms with Crippen molar-refractivity contribution in [1.82, 2.24) is 0 Å². The average molecular weight is 394 g/mol. The van der Waals surface area contributed by atoms with E-state index >= 15 is 0 Å². The van der Waals surface area contributed by atoms with Gasteiger partial charge in [-0.1, -0.05) is 26.3 Å². The van der Waals surface area contributed by atoms with Crippen molar-refractivity contribution in [2.75, 3.05) is 11.9 Å². The van der Waals surface area contributed by atoms with Crippen LogP contribution in [0.1, 0.15) is 77.7 Å². The van der Waals surface area contributed by atoms with Gasteiger partial charge >= 0.3 is 5.97 Å². The fraction of sp³-hybridized carbons (Fsp3) is 0.480. The zero-order chi connectivity index (χ0) is 20.7. The van der Waals surface area contributed by atoms with Crippen molar-refractivity contribution in [3.8, 4) is 5.75 Å². The number of nitrogens with one attached hydrogen (secondary N) is 1. The highest BCUT2D eigenvalue weighted by molar-refractivity contribution is 5.90. The van der Waals surface area contributed by atoms with Gasteiger partial charge in [0.25, 0.3) is 0 Å². The molecule has 4 rings (SSSR count). The van der Waals surface area contributed by atoms with Gasteiger partial charge in [-0.25, -0.2) is 4.79 Å². The third-order valence-electron chi connectivity index (χ3n) is 6.71. The van der Waals surface area contributed by atoms with Crippen LogP contribution in [0.15, 0.2) is 30.3 Å². The molecule has 1 aliphatic heterocycles. The van der Waals surface area contributed by atoms with Crippen LogP contribution in [0, 0.1) is 25.7 Å². The summed E-state index contributed by atoms with van der Waals surface area (Å²) in [5, 5.41) is 13.2. The Morgan fingerprint density at radius 3 is 2.66 bits per heavy atom. The van der Waals surface area contributed by atoms with Crippen molar-refractivity contribution in [2.45, 2.75) is 58.9 Å². The summed E-state index contributed by atoms with van der Waals surface area (Å²) in [5.41, 5.74) is 6.16. The SMILES string of the molecule is Cc1c(C(=O)O)ccc([C@H]2Nc3ccc(OCC(C)C)cc3[C@@H]3CCC[C@H]23)c1C. The molecule has 0 saturated heterocycles. The predicted octanol–water partition coefficient (Wildman–Crippen LogP) is 6.09. The molecule has 2 aromatic carbocycles. The number of ether oxygens (including phenoxy) is 1. The maximum atomic E-state index is 11.5. The molecule has 154 valence electrons. The van der Waals surface area contributed by atoms with Gasteiger partial charge in [-0.05, 0) is 91.0 Å². The minimum Gasteiger partial charge on any atom is -0.493 e. The van der Waals surface area contributed by atoms with Crippen LogP contribution >= 0.6 is 0 Å². The molecule has 1 heterocycles. The van der Waals surface area contributed by atoms with E-state index in [-0.39, 0.29) is 6.04 Å². The lowest BCUT2D eigenvalue weighted by atomic mass is 9.76. The molecule has 2 aliphatic rings. The molecule has 0 aromatic heterocycles. The van der Waals surface area contributed by atoms with Crippen LogP contribution in [0.5, 0.6) is 5.75 Å². The lowest BCUT2D eigenvalue weighted by Gasteiger charge is -2.38. The molecule has 1 fully saturated rings.